The molecule has 2 aromatic heterocycles. The number of furan rings is 1. The van der Waals surface area contributed by atoms with E-state index in [2.05, 4.69) is 406 Å². The van der Waals surface area contributed by atoms with Crippen molar-refractivity contribution in [3.8, 4) is 61.3 Å². The van der Waals surface area contributed by atoms with Crippen molar-refractivity contribution in [2.24, 2.45) is 0 Å². The fourth-order valence-corrected chi connectivity index (χ4v) is 16.9. The molecular formula is C102H98BN3O. The first kappa shape index (κ1) is 69.2. The van der Waals surface area contributed by atoms with Crippen LogP contribution in [0.5, 0.6) is 0 Å². The first-order valence-corrected chi connectivity index (χ1v) is 38.6. The van der Waals surface area contributed by atoms with E-state index in [9.17, 15) is 0 Å². The molecule has 0 saturated carbocycles. The second-order valence-corrected chi connectivity index (χ2v) is 36.7. The first-order chi connectivity index (χ1) is 50.8. The van der Waals surface area contributed by atoms with Crippen molar-refractivity contribution in [1.82, 2.24) is 4.57 Å². The maximum Gasteiger partial charge on any atom is 0.252 e. The van der Waals surface area contributed by atoms with Gasteiger partial charge in [-0.05, 0) is 212 Å². The Morgan fingerprint density at radius 1 is 0.262 bits per heavy atom. The first-order valence-electron chi connectivity index (χ1n) is 38.6. The van der Waals surface area contributed by atoms with Crippen molar-refractivity contribution < 1.29 is 4.42 Å². The molecule has 4 nitrogen and oxygen atoms in total. The predicted octanol–water partition coefficient (Wildman–Crippen LogP) is 26.9. The van der Waals surface area contributed by atoms with Gasteiger partial charge in [0.2, 0.25) is 0 Å². The van der Waals surface area contributed by atoms with Gasteiger partial charge in [-0.25, -0.2) is 0 Å². The van der Waals surface area contributed by atoms with Crippen molar-refractivity contribution in [3.05, 3.63) is 300 Å². The highest BCUT2D eigenvalue weighted by atomic mass is 16.3. The monoisotopic (exact) mass is 1390 g/mol. The van der Waals surface area contributed by atoms with Crippen molar-refractivity contribution >= 4 is 101 Å². The number of para-hydroxylation sites is 1. The van der Waals surface area contributed by atoms with E-state index in [0.29, 0.717) is 0 Å². The molecule has 0 N–H and O–H groups in total. The summed E-state index contributed by atoms with van der Waals surface area (Å²) in [6.45, 7) is 42.0. The largest absolute Gasteiger partial charge is 0.456 e. The van der Waals surface area contributed by atoms with Crippen molar-refractivity contribution in [1.29, 1.82) is 0 Å². The minimum atomic E-state index is -0.253. The second-order valence-electron chi connectivity index (χ2n) is 36.7. The van der Waals surface area contributed by atoms with Crippen LogP contribution in [0.1, 0.15) is 158 Å². The van der Waals surface area contributed by atoms with Crippen LogP contribution in [0.3, 0.4) is 0 Å². The normalized spacial score (nSPS) is 13.5. The zero-order valence-corrected chi connectivity index (χ0v) is 65.7. The molecule has 5 heteroatoms. The summed E-state index contributed by atoms with van der Waals surface area (Å²) in [5.41, 5.74) is 34.3. The third-order valence-electron chi connectivity index (χ3n) is 23.1. The number of nitrogens with zero attached hydrogens (tertiary/aromatic N) is 3. The Labute approximate surface area is 634 Å². The van der Waals surface area contributed by atoms with Gasteiger partial charge in [-0.15, -0.1) is 0 Å². The summed E-state index contributed by atoms with van der Waals surface area (Å²) in [5.74, 6) is 0. The van der Waals surface area contributed by atoms with Crippen LogP contribution in [0.4, 0.5) is 34.1 Å². The lowest BCUT2D eigenvalue weighted by Gasteiger charge is -2.46. The number of aromatic nitrogens is 1. The van der Waals surface area contributed by atoms with Crippen LogP contribution in [0.25, 0.3) is 105 Å². The van der Waals surface area contributed by atoms with Crippen LogP contribution in [0.2, 0.25) is 0 Å². The molecule has 107 heavy (non-hydrogen) atoms. The van der Waals surface area contributed by atoms with Gasteiger partial charge in [0.1, 0.15) is 11.2 Å². The second kappa shape index (κ2) is 24.9. The summed E-state index contributed by atoms with van der Waals surface area (Å²) in [6, 6.07) is 103. The molecule has 0 radical (unpaired) electrons. The maximum atomic E-state index is 6.90. The summed E-state index contributed by atoms with van der Waals surface area (Å²) in [4.78, 5) is 5.42. The third kappa shape index (κ3) is 11.9. The average molecular weight is 1390 g/mol. The molecule has 0 atom stereocenters. The summed E-state index contributed by atoms with van der Waals surface area (Å²) in [6.07, 6.45) is 0. The predicted molar refractivity (Wildman–Crippen MR) is 461 cm³/mol. The summed E-state index contributed by atoms with van der Waals surface area (Å²) in [7, 11) is 0. The summed E-state index contributed by atoms with van der Waals surface area (Å²) in [5, 5.41) is 4.70. The zero-order valence-electron chi connectivity index (χ0n) is 65.7. The minimum Gasteiger partial charge on any atom is -0.456 e. The molecule has 530 valence electrons. The summed E-state index contributed by atoms with van der Waals surface area (Å²) >= 11 is 0. The Morgan fingerprint density at radius 3 is 1.24 bits per heavy atom. The molecular weight excluding hydrogens is 1290 g/mol. The number of hydrogen-bond donors (Lipinski definition) is 0. The third-order valence-corrected chi connectivity index (χ3v) is 23.1. The number of anilines is 6. The van der Waals surface area contributed by atoms with E-state index >= 15 is 0 Å². The topological polar surface area (TPSA) is 24.6 Å². The van der Waals surface area contributed by atoms with Crippen LogP contribution < -0.4 is 26.2 Å². The Balaban J connectivity index is 1.07. The smallest absolute Gasteiger partial charge is 0.252 e. The van der Waals surface area contributed by atoms with Gasteiger partial charge < -0.3 is 18.8 Å². The van der Waals surface area contributed by atoms with Gasteiger partial charge in [-0.3, -0.25) is 0 Å². The van der Waals surface area contributed by atoms with Crippen molar-refractivity contribution in [2.45, 2.75) is 157 Å². The van der Waals surface area contributed by atoms with E-state index in [-0.39, 0.29) is 39.2 Å². The highest BCUT2D eigenvalue weighted by molar-refractivity contribution is 7.00. The molecule has 0 spiro atoms. The highest BCUT2D eigenvalue weighted by Gasteiger charge is 2.46. The maximum absolute atomic E-state index is 6.90. The number of rotatable bonds is 8. The van der Waals surface area contributed by atoms with E-state index in [1.54, 1.807) is 0 Å². The van der Waals surface area contributed by atoms with Gasteiger partial charge in [0.05, 0.1) is 22.4 Å². The molecule has 4 heterocycles. The lowest BCUT2D eigenvalue weighted by molar-refractivity contribution is 0.569. The van der Waals surface area contributed by atoms with Gasteiger partial charge in [-0.2, -0.15) is 0 Å². The number of hydrogen-bond acceptors (Lipinski definition) is 3. The van der Waals surface area contributed by atoms with Crippen LogP contribution in [-0.2, 0) is 32.5 Å². The van der Waals surface area contributed by atoms with E-state index < -0.39 is 0 Å². The molecule has 0 unspecified atom stereocenters. The molecule has 13 aromatic carbocycles. The SMILES string of the molecule is CC(C)(C)c1cc(-c2ccc3c(c2)N(c2ccc(C(C)(C)C)cc2-c2ccccc2)c2cc(-c4cccc5oc6ccccc6c45)cc4c2B3c2ccc(-n3c5ccc(C(C)(C)C)cc5c5cc(C(C)(C)C)ccc53)cc2N4c2c(-c3ccccc3)cc(C(C)(C)C)cc2-c2ccccc2)cc(C(C)(C)C)c1. The molecule has 0 amide bonds. The minimum absolute atomic E-state index is 0.0647. The lowest BCUT2D eigenvalue weighted by atomic mass is 9.33. The molecule has 0 aliphatic carbocycles. The van der Waals surface area contributed by atoms with Crippen LogP contribution >= 0.6 is 0 Å². The Bertz CT molecular complexity index is 5900. The highest BCUT2D eigenvalue weighted by Crippen LogP contribution is 2.55. The average Bonchev–Trinajstić information content (AvgIpc) is 0.703. The Kier molecular flexibility index (Phi) is 16.1. The molecule has 15 aromatic rings. The Morgan fingerprint density at radius 2 is 0.701 bits per heavy atom. The van der Waals surface area contributed by atoms with Crippen molar-refractivity contribution in [3.63, 3.8) is 0 Å². The van der Waals surface area contributed by atoms with Gasteiger partial charge >= 0.3 is 0 Å². The van der Waals surface area contributed by atoms with Gasteiger partial charge in [-0.1, -0.05) is 301 Å². The zero-order chi connectivity index (χ0) is 74.8. The van der Waals surface area contributed by atoms with Crippen molar-refractivity contribution in [2.75, 3.05) is 9.80 Å². The van der Waals surface area contributed by atoms with Crippen LogP contribution in [0.15, 0.2) is 271 Å². The quantitative estimate of drug-likeness (QED) is 0.142. The Hall–Kier alpha value is -10.9. The van der Waals surface area contributed by atoms with Crippen LogP contribution in [0, 0.1) is 0 Å². The van der Waals surface area contributed by atoms with E-state index in [1.165, 1.54) is 88.3 Å². The molecule has 0 saturated heterocycles. The molecule has 2 aliphatic rings. The molecule has 17 rings (SSSR count). The lowest BCUT2D eigenvalue weighted by Crippen LogP contribution is -2.61. The molecule has 2 aliphatic heterocycles. The van der Waals surface area contributed by atoms with Crippen LogP contribution in [-0.4, -0.2) is 11.3 Å². The van der Waals surface area contributed by atoms with Gasteiger partial charge in [0.25, 0.3) is 6.71 Å². The number of fused-ring (bicyclic) bond motifs is 10. The number of benzene rings is 13. The standard InChI is InChI=1S/C102H98BN3O/c1-97(2,3)69-42-48-85(78(57-69)63-31-22-19-23-32-63)105-88-53-66(67-51-72(100(10,11)12)56-73(52-67)101(13,14)15)41-46-83(88)103-84-47-45-75(104-86-49-43-70(98(4,5)6)58-81(86)82-59-71(99(7,8)9)44-50-87(82)104)62-89(84)106(91-55-68(54-90(105)95(91)103)76-38-30-40-93-94(76)77-37-28-29-39-92(77)107-93)96-79(64-33-24-20-25-34-64)60-74(102(16,17)18)61-80(96)65-35-26-21-27-36-65/h19-62H,1-18H3. The molecule has 0 fully saturated rings. The fourth-order valence-electron chi connectivity index (χ4n) is 16.9. The van der Waals surface area contributed by atoms with Gasteiger partial charge in [0, 0.05) is 66.7 Å². The fraction of sp³-hybridized carbons (Fsp3) is 0.235. The van der Waals surface area contributed by atoms with Gasteiger partial charge in [0.15, 0.2) is 0 Å². The van der Waals surface area contributed by atoms with E-state index in [1.807, 2.05) is 0 Å². The summed E-state index contributed by atoms with van der Waals surface area (Å²) < 4.78 is 9.47. The van der Waals surface area contributed by atoms with E-state index in [4.69, 9.17) is 4.42 Å². The molecule has 0 bridgehead atoms. The van der Waals surface area contributed by atoms with E-state index in [0.717, 1.165) is 101 Å².